The number of amides is 2. The molecule has 1 aromatic heterocycles. The Bertz CT molecular complexity index is 1640. The van der Waals surface area contributed by atoms with E-state index in [1.54, 1.807) is 11.0 Å². The van der Waals surface area contributed by atoms with Crippen LogP contribution < -0.4 is 15.4 Å². The number of halogens is 2. The molecule has 2 amide bonds. The largest absolute Gasteiger partial charge is 0.467 e. The molecule has 3 aliphatic rings. The summed E-state index contributed by atoms with van der Waals surface area (Å²) in [6, 6.07) is 8.25. The number of piperazine rings is 1. The fourth-order valence-electron chi connectivity index (χ4n) is 5.45. The number of hydrogen-bond donors (Lipinski definition) is 2. The van der Waals surface area contributed by atoms with Crippen LogP contribution in [0.15, 0.2) is 42.5 Å². The van der Waals surface area contributed by atoms with E-state index in [2.05, 4.69) is 25.5 Å². The highest BCUT2D eigenvalue weighted by Gasteiger charge is 2.34. The Kier molecular flexibility index (Phi) is 8.62. The monoisotopic (exact) mass is 622 g/mol. The first-order valence-electron chi connectivity index (χ1n) is 14.6. The molecular weight excluding hydrogens is 591 g/mol. The maximum Gasteiger partial charge on any atom is 0.318 e. The lowest BCUT2D eigenvalue weighted by Crippen LogP contribution is -2.51. The van der Waals surface area contributed by atoms with Crippen LogP contribution in [0.1, 0.15) is 37.2 Å². The maximum atomic E-state index is 13.7. The topological polar surface area (TPSA) is 126 Å². The highest BCUT2D eigenvalue weighted by Crippen LogP contribution is 2.45. The Hall–Kier alpha value is -4.29. The predicted octanol–water partition coefficient (Wildman–Crippen LogP) is 4.40. The van der Waals surface area contributed by atoms with Gasteiger partial charge in [-0.2, -0.15) is 9.97 Å². The predicted molar refractivity (Wildman–Crippen MR) is 163 cm³/mol. The molecule has 2 aromatic carbocycles. The summed E-state index contributed by atoms with van der Waals surface area (Å²) in [6.07, 6.45) is 5.43. The summed E-state index contributed by atoms with van der Waals surface area (Å²) in [6.45, 7) is 2.97. The number of cyclic esters (lactones) is 1. The molecule has 0 radical (unpaired) electrons. The second kappa shape index (κ2) is 12.7. The summed E-state index contributed by atoms with van der Waals surface area (Å²) in [7, 11) is 1.48. The Morgan fingerprint density at radius 3 is 2.61 bits per heavy atom. The molecule has 44 heavy (non-hydrogen) atoms. The molecule has 3 fully saturated rings. The van der Waals surface area contributed by atoms with Crippen molar-refractivity contribution in [2.75, 3.05) is 50.5 Å². The van der Waals surface area contributed by atoms with Crippen molar-refractivity contribution in [1.29, 1.82) is 0 Å². The van der Waals surface area contributed by atoms with E-state index in [0.29, 0.717) is 73.2 Å². The zero-order valence-electron chi connectivity index (χ0n) is 24.1. The fourth-order valence-corrected chi connectivity index (χ4v) is 5.63. The van der Waals surface area contributed by atoms with Gasteiger partial charge in [0, 0.05) is 68.4 Å². The first-order valence-corrected chi connectivity index (χ1v) is 14.9. The molecule has 0 unspecified atom stereocenters. The van der Waals surface area contributed by atoms with E-state index < -0.39 is 11.9 Å². The van der Waals surface area contributed by atoms with E-state index in [1.165, 1.54) is 25.3 Å². The van der Waals surface area contributed by atoms with E-state index in [0.717, 1.165) is 18.4 Å². The van der Waals surface area contributed by atoms with Crippen LogP contribution in [0.5, 0.6) is 6.01 Å². The summed E-state index contributed by atoms with van der Waals surface area (Å²) in [5.41, 5.74) is 2.84. The Morgan fingerprint density at radius 2 is 1.93 bits per heavy atom. The third-order valence-electron chi connectivity index (χ3n) is 7.96. The van der Waals surface area contributed by atoms with E-state index in [1.807, 2.05) is 18.2 Å². The van der Waals surface area contributed by atoms with E-state index in [9.17, 15) is 18.8 Å². The van der Waals surface area contributed by atoms with Crippen LogP contribution in [-0.4, -0.2) is 83.5 Å². The minimum atomic E-state index is -0.657. The molecule has 230 valence electrons. The first-order chi connectivity index (χ1) is 21.3. The number of carbonyl (C=O) groups excluding carboxylic acids is 3. The van der Waals surface area contributed by atoms with Crippen molar-refractivity contribution in [3.05, 3.63) is 58.9 Å². The SMILES string of the molecule is COc1nc(Nc2ccc(F)c(Cl)c2)c2cc(NC(=O)C=CCN3CCN(C(=O)[C@@H]4CCC(=O)O4)CC3)c(C3CC3)cc2n1. The standard InChI is InChI=1S/C31H32ClFN6O5/c1-43-31-36-25-16-20(18-4-5-18)24(17-21(25)29(37-31)34-19-6-7-23(33)22(32)15-19)35-27(40)3-2-10-38-11-13-39(14-12-38)30(42)26-8-9-28(41)44-26/h2-3,6-7,15-18,26H,4-5,8-14H2,1H3,(H,35,40)(H,34,36,37)/t26-/m0/s1. The molecule has 1 atom stereocenters. The molecule has 1 saturated carbocycles. The van der Waals surface area contributed by atoms with Crippen molar-refractivity contribution >= 4 is 57.5 Å². The highest BCUT2D eigenvalue weighted by molar-refractivity contribution is 6.31. The first kappa shape index (κ1) is 29.8. The number of esters is 1. The van der Waals surface area contributed by atoms with Gasteiger partial charge in [0.15, 0.2) is 6.10 Å². The Morgan fingerprint density at radius 1 is 1.14 bits per heavy atom. The summed E-state index contributed by atoms with van der Waals surface area (Å²) in [5, 5.41) is 6.83. The number of ether oxygens (including phenoxy) is 2. The van der Waals surface area contributed by atoms with Gasteiger partial charge in [0.25, 0.3) is 5.91 Å². The number of methoxy groups -OCH3 is 1. The van der Waals surface area contributed by atoms with Crippen LogP contribution in [0, 0.1) is 5.82 Å². The van der Waals surface area contributed by atoms with Crippen molar-refractivity contribution in [1.82, 2.24) is 19.8 Å². The van der Waals surface area contributed by atoms with Crippen LogP contribution >= 0.6 is 11.6 Å². The normalized spacial score (nSPS) is 18.9. The van der Waals surface area contributed by atoms with Crippen molar-refractivity contribution in [2.45, 2.75) is 37.7 Å². The van der Waals surface area contributed by atoms with Gasteiger partial charge in [0.2, 0.25) is 5.91 Å². The lowest BCUT2D eigenvalue weighted by Gasteiger charge is -2.35. The third-order valence-corrected chi connectivity index (χ3v) is 8.25. The van der Waals surface area contributed by atoms with Crippen LogP contribution in [0.4, 0.5) is 21.6 Å². The zero-order chi connectivity index (χ0) is 30.8. The van der Waals surface area contributed by atoms with Gasteiger partial charge < -0.3 is 25.0 Å². The Balaban J connectivity index is 1.13. The number of nitrogens with one attached hydrogen (secondary N) is 2. The average Bonchev–Trinajstić information content (AvgIpc) is 3.78. The average molecular weight is 623 g/mol. The Labute approximate surface area is 258 Å². The molecule has 11 nitrogen and oxygen atoms in total. The van der Waals surface area contributed by atoms with Crippen LogP contribution in [0.2, 0.25) is 5.02 Å². The van der Waals surface area contributed by atoms with E-state index in [4.69, 9.17) is 21.1 Å². The van der Waals surface area contributed by atoms with Gasteiger partial charge in [-0.05, 0) is 54.7 Å². The number of aromatic nitrogens is 2. The second-order valence-electron chi connectivity index (χ2n) is 11.1. The molecule has 3 heterocycles. The number of carbonyl (C=O) groups is 3. The van der Waals surface area contributed by atoms with Gasteiger partial charge in [0.1, 0.15) is 11.6 Å². The van der Waals surface area contributed by atoms with Crippen molar-refractivity contribution in [3.8, 4) is 6.01 Å². The molecule has 0 spiro atoms. The minimum Gasteiger partial charge on any atom is -0.467 e. The lowest BCUT2D eigenvalue weighted by atomic mass is 10.0. The number of fused-ring (bicyclic) bond motifs is 1. The minimum absolute atomic E-state index is 0.0252. The number of benzene rings is 2. The van der Waals surface area contributed by atoms with E-state index >= 15 is 0 Å². The van der Waals surface area contributed by atoms with Crippen molar-refractivity contribution < 1.29 is 28.2 Å². The van der Waals surface area contributed by atoms with E-state index in [-0.39, 0.29) is 35.2 Å². The second-order valence-corrected chi connectivity index (χ2v) is 11.5. The van der Waals surface area contributed by atoms with Crippen molar-refractivity contribution in [3.63, 3.8) is 0 Å². The van der Waals surface area contributed by atoms with Gasteiger partial charge >= 0.3 is 12.0 Å². The number of hydrogen-bond acceptors (Lipinski definition) is 9. The fraction of sp³-hybridized carbons (Fsp3) is 0.387. The molecule has 2 saturated heterocycles. The lowest BCUT2D eigenvalue weighted by molar-refractivity contribution is -0.153. The molecule has 2 N–H and O–H groups in total. The highest BCUT2D eigenvalue weighted by atomic mass is 35.5. The van der Waals surface area contributed by atoms with Gasteiger partial charge in [-0.25, -0.2) is 4.39 Å². The van der Waals surface area contributed by atoms with Gasteiger partial charge in [0.05, 0.1) is 17.6 Å². The molecule has 2 aliphatic heterocycles. The molecule has 0 bridgehead atoms. The summed E-state index contributed by atoms with van der Waals surface area (Å²) in [4.78, 5) is 49.8. The van der Waals surface area contributed by atoms with Crippen LogP contribution in [0.3, 0.4) is 0 Å². The quantitative estimate of drug-likeness (QED) is 0.264. The molecule has 3 aromatic rings. The summed E-state index contributed by atoms with van der Waals surface area (Å²) < 4.78 is 24.2. The molecule has 6 rings (SSSR count). The zero-order valence-corrected chi connectivity index (χ0v) is 24.9. The van der Waals surface area contributed by atoms with Gasteiger partial charge in [-0.1, -0.05) is 17.7 Å². The smallest absolute Gasteiger partial charge is 0.318 e. The molecule has 13 heteroatoms. The third kappa shape index (κ3) is 6.76. The number of anilines is 3. The summed E-state index contributed by atoms with van der Waals surface area (Å²) in [5.74, 6) is -0.502. The van der Waals surface area contributed by atoms with Crippen LogP contribution in [-0.2, 0) is 19.1 Å². The van der Waals surface area contributed by atoms with Crippen LogP contribution in [0.25, 0.3) is 10.9 Å². The summed E-state index contributed by atoms with van der Waals surface area (Å²) >= 11 is 5.98. The number of rotatable bonds is 9. The molecule has 1 aliphatic carbocycles. The van der Waals surface area contributed by atoms with Gasteiger partial charge in [-0.3, -0.25) is 19.3 Å². The van der Waals surface area contributed by atoms with Crippen molar-refractivity contribution in [2.24, 2.45) is 0 Å². The van der Waals surface area contributed by atoms with Gasteiger partial charge in [-0.15, -0.1) is 0 Å². The molecular formula is C31H32ClFN6O5. The number of nitrogens with zero attached hydrogens (tertiary/aromatic N) is 4. The maximum absolute atomic E-state index is 13.7.